The van der Waals surface area contributed by atoms with E-state index in [-0.39, 0.29) is 11.7 Å². The minimum atomic E-state index is -0.391. The monoisotopic (exact) mass is 483 g/mol. The first-order valence-electron chi connectivity index (χ1n) is 8.92. The lowest BCUT2D eigenvalue weighted by molar-refractivity contribution is -0.113. The highest BCUT2D eigenvalue weighted by atomic mass is 79.9. The molecule has 0 aliphatic carbocycles. The van der Waals surface area contributed by atoms with Crippen LogP contribution in [-0.4, -0.2) is 31.4 Å². The predicted octanol–water partition coefficient (Wildman–Crippen LogP) is 4.96. The van der Waals surface area contributed by atoms with Gasteiger partial charge in [0.1, 0.15) is 11.6 Å². The van der Waals surface area contributed by atoms with Gasteiger partial charge in [-0.05, 0) is 52.3 Å². The van der Waals surface area contributed by atoms with Crippen LogP contribution in [0.2, 0.25) is 0 Å². The van der Waals surface area contributed by atoms with Gasteiger partial charge in [-0.15, -0.1) is 10.2 Å². The Hall–Kier alpha value is -3.04. The number of thioether (sulfide) groups is 1. The van der Waals surface area contributed by atoms with E-state index in [0.717, 1.165) is 10.2 Å². The molecule has 1 amide bonds. The van der Waals surface area contributed by atoms with Crippen LogP contribution >= 0.6 is 27.7 Å². The van der Waals surface area contributed by atoms with Gasteiger partial charge in [0.2, 0.25) is 5.91 Å². The Morgan fingerprint density at radius 1 is 1.03 bits per heavy atom. The number of hydrogen-bond acceptors (Lipinski definition) is 5. The minimum Gasteiger partial charge on any atom is -0.310 e. The van der Waals surface area contributed by atoms with Crippen molar-refractivity contribution in [2.24, 2.45) is 0 Å². The van der Waals surface area contributed by atoms with E-state index in [1.165, 1.54) is 17.8 Å². The van der Waals surface area contributed by atoms with Crippen molar-refractivity contribution in [2.75, 3.05) is 11.1 Å². The lowest BCUT2D eigenvalue weighted by Crippen LogP contribution is -2.15. The number of aromatic nitrogens is 4. The highest BCUT2D eigenvalue weighted by molar-refractivity contribution is 9.10. The number of nitrogens with zero attached hydrogens (tertiary/aromatic N) is 4. The Morgan fingerprint density at radius 2 is 1.80 bits per heavy atom. The molecule has 2 aromatic carbocycles. The number of carbonyl (C=O) groups is 1. The zero-order valence-corrected chi connectivity index (χ0v) is 17.9. The molecular formula is C21H15BrFN5OS. The lowest BCUT2D eigenvalue weighted by Gasteiger charge is -2.11. The number of nitrogens with one attached hydrogen (secondary N) is 1. The molecule has 9 heteroatoms. The van der Waals surface area contributed by atoms with Gasteiger partial charge in [-0.1, -0.05) is 42.1 Å². The third kappa shape index (κ3) is 4.58. The van der Waals surface area contributed by atoms with Crippen molar-refractivity contribution in [3.8, 4) is 17.1 Å². The molecule has 0 unspecified atom stereocenters. The quantitative estimate of drug-likeness (QED) is 0.392. The molecule has 0 saturated carbocycles. The Bertz CT molecular complexity index is 1170. The first-order valence-corrected chi connectivity index (χ1v) is 10.7. The van der Waals surface area contributed by atoms with Crippen LogP contribution in [0, 0.1) is 5.82 Å². The number of hydrogen-bond donors (Lipinski definition) is 1. The molecule has 150 valence electrons. The van der Waals surface area contributed by atoms with E-state index >= 15 is 0 Å². The molecule has 4 aromatic rings. The molecule has 30 heavy (non-hydrogen) atoms. The third-order valence-electron chi connectivity index (χ3n) is 4.09. The number of carbonyl (C=O) groups excluding carboxylic acids is 1. The van der Waals surface area contributed by atoms with Gasteiger partial charge in [-0.2, -0.15) is 0 Å². The zero-order chi connectivity index (χ0) is 20.9. The first-order chi connectivity index (χ1) is 14.6. The van der Waals surface area contributed by atoms with Crippen molar-refractivity contribution in [1.29, 1.82) is 0 Å². The number of rotatable bonds is 6. The Balaban J connectivity index is 1.59. The van der Waals surface area contributed by atoms with Crippen LogP contribution in [0.1, 0.15) is 0 Å². The second-order valence-corrected chi connectivity index (χ2v) is 8.01. The SMILES string of the molecule is O=C(CSc1nnc(-c2ccccc2F)n1-c1ccccc1)Nc1ccc(Br)cn1. The summed E-state index contributed by atoms with van der Waals surface area (Å²) in [6.45, 7) is 0. The third-order valence-corrected chi connectivity index (χ3v) is 5.49. The van der Waals surface area contributed by atoms with Gasteiger partial charge in [-0.25, -0.2) is 9.37 Å². The molecule has 0 saturated heterocycles. The number of amides is 1. The van der Waals surface area contributed by atoms with E-state index < -0.39 is 5.82 Å². The van der Waals surface area contributed by atoms with Crippen molar-refractivity contribution in [1.82, 2.24) is 19.7 Å². The summed E-state index contributed by atoms with van der Waals surface area (Å²) in [5.74, 6) is 0.305. The molecule has 1 N–H and O–H groups in total. The molecule has 0 bridgehead atoms. The Morgan fingerprint density at radius 3 is 2.53 bits per heavy atom. The fourth-order valence-corrected chi connectivity index (χ4v) is 3.74. The van der Waals surface area contributed by atoms with E-state index in [9.17, 15) is 9.18 Å². The maximum absolute atomic E-state index is 14.4. The van der Waals surface area contributed by atoms with E-state index in [4.69, 9.17) is 0 Å². The number of benzene rings is 2. The number of halogens is 2. The molecule has 2 aromatic heterocycles. The highest BCUT2D eigenvalue weighted by Gasteiger charge is 2.19. The maximum atomic E-state index is 14.4. The first kappa shape index (κ1) is 20.2. The maximum Gasteiger partial charge on any atom is 0.236 e. The molecule has 2 heterocycles. The molecule has 0 spiro atoms. The van der Waals surface area contributed by atoms with Crippen LogP contribution in [0.5, 0.6) is 0 Å². The molecule has 0 fully saturated rings. The van der Waals surface area contributed by atoms with Crippen LogP contribution < -0.4 is 5.32 Å². The molecule has 0 aliphatic rings. The van der Waals surface area contributed by atoms with Crippen LogP contribution in [0.3, 0.4) is 0 Å². The summed E-state index contributed by atoms with van der Waals surface area (Å²) in [4.78, 5) is 16.5. The van der Waals surface area contributed by atoms with Crippen LogP contribution in [0.25, 0.3) is 17.1 Å². The highest BCUT2D eigenvalue weighted by Crippen LogP contribution is 2.29. The van der Waals surface area contributed by atoms with Gasteiger partial charge < -0.3 is 5.32 Å². The fraction of sp³-hybridized carbons (Fsp3) is 0.0476. The Labute approximate surface area is 184 Å². The van der Waals surface area contributed by atoms with E-state index in [2.05, 4.69) is 36.4 Å². The van der Waals surface area contributed by atoms with Gasteiger partial charge in [0.25, 0.3) is 0 Å². The smallest absolute Gasteiger partial charge is 0.236 e. The van der Waals surface area contributed by atoms with E-state index in [0.29, 0.717) is 22.4 Å². The largest absolute Gasteiger partial charge is 0.310 e. The average molecular weight is 484 g/mol. The summed E-state index contributed by atoms with van der Waals surface area (Å²) in [6, 6.07) is 19.3. The number of para-hydroxylation sites is 1. The van der Waals surface area contributed by atoms with Gasteiger partial charge in [-0.3, -0.25) is 9.36 Å². The second-order valence-electron chi connectivity index (χ2n) is 6.16. The van der Waals surface area contributed by atoms with Crippen molar-refractivity contribution >= 4 is 39.4 Å². The van der Waals surface area contributed by atoms with Crippen molar-refractivity contribution in [3.63, 3.8) is 0 Å². The Kier molecular flexibility index (Phi) is 6.20. The molecule has 0 radical (unpaired) electrons. The van der Waals surface area contributed by atoms with E-state index in [1.54, 1.807) is 41.1 Å². The topological polar surface area (TPSA) is 72.7 Å². The second kappa shape index (κ2) is 9.19. The van der Waals surface area contributed by atoms with Crippen molar-refractivity contribution in [3.05, 3.63) is 83.2 Å². The van der Waals surface area contributed by atoms with Crippen LogP contribution in [-0.2, 0) is 4.79 Å². The van der Waals surface area contributed by atoms with Crippen LogP contribution in [0.4, 0.5) is 10.2 Å². The molecule has 6 nitrogen and oxygen atoms in total. The van der Waals surface area contributed by atoms with E-state index in [1.807, 2.05) is 30.3 Å². The average Bonchev–Trinajstić information content (AvgIpc) is 3.18. The predicted molar refractivity (Wildman–Crippen MR) is 118 cm³/mol. The summed E-state index contributed by atoms with van der Waals surface area (Å²) < 4.78 is 17.0. The zero-order valence-electron chi connectivity index (χ0n) is 15.5. The minimum absolute atomic E-state index is 0.0972. The summed E-state index contributed by atoms with van der Waals surface area (Å²) in [5.41, 5.74) is 1.11. The summed E-state index contributed by atoms with van der Waals surface area (Å²) >= 11 is 4.52. The number of anilines is 1. The standard InChI is InChI=1S/C21H15BrFN5OS/c22-14-10-11-18(24-12-14)25-19(29)13-30-21-27-26-20(16-8-4-5-9-17(16)23)28(21)15-6-2-1-3-7-15/h1-12H,13H2,(H,24,25,29). The van der Waals surface area contributed by atoms with Gasteiger partial charge in [0.15, 0.2) is 11.0 Å². The molecule has 0 atom stereocenters. The summed E-state index contributed by atoms with van der Waals surface area (Å²) in [7, 11) is 0. The van der Waals surface area contributed by atoms with Crippen molar-refractivity contribution < 1.29 is 9.18 Å². The van der Waals surface area contributed by atoms with Gasteiger partial charge in [0.05, 0.1) is 11.3 Å². The summed E-state index contributed by atoms with van der Waals surface area (Å²) in [6.07, 6.45) is 1.61. The lowest BCUT2D eigenvalue weighted by atomic mass is 10.2. The normalized spacial score (nSPS) is 10.7. The van der Waals surface area contributed by atoms with Gasteiger partial charge >= 0.3 is 0 Å². The molecular weight excluding hydrogens is 469 g/mol. The van der Waals surface area contributed by atoms with Crippen molar-refractivity contribution in [2.45, 2.75) is 5.16 Å². The molecule has 0 aliphatic heterocycles. The fourth-order valence-electron chi connectivity index (χ4n) is 2.75. The van der Waals surface area contributed by atoms with Crippen LogP contribution in [0.15, 0.2) is 82.6 Å². The van der Waals surface area contributed by atoms with Gasteiger partial charge in [0, 0.05) is 16.4 Å². The molecule has 4 rings (SSSR count). The number of pyridine rings is 1. The summed E-state index contributed by atoms with van der Waals surface area (Å²) in [5, 5.41) is 11.6.